The van der Waals surface area contributed by atoms with E-state index in [9.17, 15) is 5.11 Å². The SMILES string of the molecule is COc1ccc(CNc2cccc3n[se]nc23)cc1O. The predicted octanol–water partition coefficient (Wildman–Crippen LogP) is 2.01. The third-order valence-corrected chi connectivity index (χ3v) is 4.15. The Balaban J connectivity index is 1.79. The van der Waals surface area contributed by atoms with Crippen molar-refractivity contribution in [1.29, 1.82) is 0 Å². The number of phenolic OH excluding ortho intramolecular Hbond substituents is 1. The van der Waals surface area contributed by atoms with E-state index in [1.807, 2.05) is 24.3 Å². The van der Waals surface area contributed by atoms with E-state index in [1.165, 1.54) is 7.11 Å². The van der Waals surface area contributed by atoms with Gasteiger partial charge in [0.1, 0.15) is 0 Å². The van der Waals surface area contributed by atoms with Crippen LogP contribution >= 0.6 is 0 Å². The van der Waals surface area contributed by atoms with E-state index < -0.39 is 0 Å². The average Bonchev–Trinajstić information content (AvgIpc) is 2.94. The Kier molecular flexibility index (Phi) is 3.58. The monoisotopic (exact) mass is 335 g/mol. The fourth-order valence-electron chi connectivity index (χ4n) is 1.99. The number of aromatic nitrogens is 2. The Bertz CT molecular complexity index is 742. The molecule has 0 amide bonds. The molecule has 0 radical (unpaired) electrons. The summed E-state index contributed by atoms with van der Waals surface area (Å²) in [5.41, 5.74) is 3.83. The maximum absolute atomic E-state index is 9.76. The summed E-state index contributed by atoms with van der Waals surface area (Å²) in [5, 5.41) is 13.1. The van der Waals surface area contributed by atoms with Gasteiger partial charge in [0.15, 0.2) is 0 Å². The van der Waals surface area contributed by atoms with Crippen molar-refractivity contribution in [3.8, 4) is 11.5 Å². The van der Waals surface area contributed by atoms with Crippen LogP contribution in [0.4, 0.5) is 5.69 Å². The summed E-state index contributed by atoms with van der Waals surface area (Å²) in [6.07, 6.45) is 0. The van der Waals surface area contributed by atoms with Gasteiger partial charge in [0.05, 0.1) is 0 Å². The number of hydrogen-bond donors (Lipinski definition) is 2. The van der Waals surface area contributed by atoms with Crippen molar-refractivity contribution in [3.63, 3.8) is 0 Å². The fourth-order valence-corrected chi connectivity index (χ4v) is 3.14. The number of anilines is 1. The van der Waals surface area contributed by atoms with Crippen LogP contribution in [0, 0.1) is 0 Å². The van der Waals surface area contributed by atoms with Crippen molar-refractivity contribution in [2.75, 3.05) is 12.4 Å². The van der Waals surface area contributed by atoms with Gasteiger partial charge in [-0.15, -0.1) is 0 Å². The normalized spacial score (nSPS) is 10.7. The van der Waals surface area contributed by atoms with Crippen LogP contribution in [0.25, 0.3) is 11.0 Å². The van der Waals surface area contributed by atoms with E-state index in [4.69, 9.17) is 4.74 Å². The molecule has 2 aromatic carbocycles. The molecule has 0 atom stereocenters. The van der Waals surface area contributed by atoms with Crippen molar-refractivity contribution in [3.05, 3.63) is 42.0 Å². The van der Waals surface area contributed by atoms with E-state index in [0.29, 0.717) is 12.3 Å². The second kappa shape index (κ2) is 5.53. The zero-order valence-electron chi connectivity index (χ0n) is 10.8. The van der Waals surface area contributed by atoms with Crippen LogP contribution in [0.5, 0.6) is 11.5 Å². The number of benzene rings is 2. The number of methoxy groups -OCH3 is 1. The van der Waals surface area contributed by atoms with Gasteiger partial charge in [0, 0.05) is 0 Å². The molecule has 0 saturated carbocycles. The minimum absolute atomic E-state index is 0.0293. The quantitative estimate of drug-likeness (QED) is 0.715. The first-order valence-electron chi connectivity index (χ1n) is 6.09. The van der Waals surface area contributed by atoms with Crippen molar-refractivity contribution in [2.45, 2.75) is 6.54 Å². The Hall–Kier alpha value is -2.04. The molecule has 0 unspecified atom stereocenters. The summed E-state index contributed by atoms with van der Waals surface area (Å²) < 4.78 is 13.8. The summed E-state index contributed by atoms with van der Waals surface area (Å²) in [6, 6.07) is 11.3. The van der Waals surface area contributed by atoms with Crippen molar-refractivity contribution in [2.24, 2.45) is 0 Å². The fraction of sp³-hybridized carbons (Fsp3) is 0.143. The first kappa shape index (κ1) is 13.0. The van der Waals surface area contributed by atoms with E-state index >= 15 is 0 Å². The number of rotatable bonds is 4. The molecule has 0 saturated heterocycles. The molecule has 0 fully saturated rings. The van der Waals surface area contributed by atoms with Crippen LogP contribution in [0.1, 0.15) is 5.56 Å². The topological polar surface area (TPSA) is 67.3 Å². The van der Waals surface area contributed by atoms with E-state index in [1.54, 1.807) is 12.1 Å². The van der Waals surface area contributed by atoms with Crippen molar-refractivity contribution >= 4 is 31.7 Å². The van der Waals surface area contributed by atoms with Gasteiger partial charge in [-0.25, -0.2) is 0 Å². The van der Waals surface area contributed by atoms with Crippen LogP contribution in [-0.4, -0.2) is 35.1 Å². The molecule has 102 valence electrons. The molecule has 6 heteroatoms. The molecule has 1 heterocycles. The summed E-state index contributed by atoms with van der Waals surface area (Å²) in [7, 11) is 1.53. The van der Waals surface area contributed by atoms with Crippen LogP contribution in [0.2, 0.25) is 0 Å². The number of ether oxygens (including phenoxy) is 1. The summed E-state index contributed by atoms with van der Waals surface area (Å²) in [4.78, 5) is 0. The molecule has 2 N–H and O–H groups in total. The Morgan fingerprint density at radius 2 is 2.15 bits per heavy atom. The molecule has 0 bridgehead atoms. The second-order valence-electron chi connectivity index (χ2n) is 4.30. The summed E-state index contributed by atoms with van der Waals surface area (Å²) >= 11 is -0.0293. The van der Waals surface area contributed by atoms with Gasteiger partial charge in [-0.3, -0.25) is 0 Å². The minimum atomic E-state index is -0.0293. The number of nitrogens with one attached hydrogen (secondary N) is 1. The molecule has 0 aliphatic carbocycles. The second-order valence-corrected chi connectivity index (χ2v) is 5.41. The van der Waals surface area contributed by atoms with Gasteiger partial charge in [-0.05, 0) is 0 Å². The molecule has 0 aliphatic heterocycles. The van der Waals surface area contributed by atoms with Crippen LogP contribution in [0.3, 0.4) is 0 Å². The number of fused-ring (bicyclic) bond motifs is 1. The van der Waals surface area contributed by atoms with E-state index in [0.717, 1.165) is 22.3 Å². The maximum atomic E-state index is 9.76. The standard InChI is InChI=1S/C14H13N3O2Se/c1-19-13-6-5-9(7-12(13)18)8-15-10-3-2-4-11-14(10)17-20-16-11/h2-7,15,18H,8H2,1H3. The van der Waals surface area contributed by atoms with Crippen molar-refractivity contribution < 1.29 is 9.84 Å². The van der Waals surface area contributed by atoms with Crippen LogP contribution < -0.4 is 10.1 Å². The van der Waals surface area contributed by atoms with E-state index in [2.05, 4.69) is 13.3 Å². The molecule has 3 rings (SSSR count). The molecule has 1 aromatic heterocycles. The molecular formula is C14H13N3O2Se. The average molecular weight is 334 g/mol. The molecule has 3 aromatic rings. The number of phenols is 1. The zero-order chi connectivity index (χ0) is 13.9. The first-order chi connectivity index (χ1) is 9.78. The van der Waals surface area contributed by atoms with Gasteiger partial charge in [0.2, 0.25) is 0 Å². The van der Waals surface area contributed by atoms with Gasteiger partial charge in [0.25, 0.3) is 0 Å². The number of hydrogen-bond acceptors (Lipinski definition) is 5. The summed E-state index contributed by atoms with van der Waals surface area (Å²) in [5.74, 6) is 0.624. The molecular weight excluding hydrogens is 321 g/mol. The third-order valence-electron chi connectivity index (χ3n) is 3.01. The Morgan fingerprint density at radius 1 is 1.25 bits per heavy atom. The first-order valence-corrected chi connectivity index (χ1v) is 7.62. The van der Waals surface area contributed by atoms with Crippen LogP contribution in [0.15, 0.2) is 36.4 Å². The Labute approximate surface area is 122 Å². The van der Waals surface area contributed by atoms with Gasteiger partial charge >= 0.3 is 122 Å². The number of aromatic hydroxyl groups is 1. The molecule has 20 heavy (non-hydrogen) atoms. The molecule has 0 spiro atoms. The number of nitrogens with zero attached hydrogens (tertiary/aromatic N) is 2. The third kappa shape index (κ3) is 2.48. The molecule has 5 nitrogen and oxygen atoms in total. The van der Waals surface area contributed by atoms with Crippen LogP contribution in [-0.2, 0) is 6.54 Å². The summed E-state index contributed by atoms with van der Waals surface area (Å²) in [6.45, 7) is 0.608. The Morgan fingerprint density at radius 3 is 2.95 bits per heavy atom. The van der Waals surface area contributed by atoms with Gasteiger partial charge in [-0.1, -0.05) is 0 Å². The molecule has 0 aliphatic rings. The van der Waals surface area contributed by atoms with E-state index in [-0.39, 0.29) is 20.7 Å². The van der Waals surface area contributed by atoms with Gasteiger partial charge in [-0.2, -0.15) is 0 Å². The predicted molar refractivity (Wildman–Crippen MR) is 78.5 cm³/mol. The van der Waals surface area contributed by atoms with Crippen molar-refractivity contribution in [1.82, 2.24) is 7.96 Å². The zero-order valence-corrected chi connectivity index (χ0v) is 12.5. The van der Waals surface area contributed by atoms with Gasteiger partial charge < -0.3 is 0 Å².